The minimum Gasteiger partial charge on any atom is -0.310 e. The molecule has 0 aliphatic heterocycles. The van der Waals surface area contributed by atoms with Crippen molar-refractivity contribution in [2.75, 3.05) is 0 Å². The smallest absolute Gasteiger partial charge is 0.0535 e. The normalized spacial score (nSPS) is 11.1. The van der Waals surface area contributed by atoms with Crippen molar-refractivity contribution in [1.82, 2.24) is 15.5 Å². The zero-order valence-electron chi connectivity index (χ0n) is 8.72. The highest BCUT2D eigenvalue weighted by Crippen LogP contribution is 2.06. The first kappa shape index (κ1) is 10.3. The van der Waals surface area contributed by atoms with Gasteiger partial charge in [0.05, 0.1) is 6.20 Å². The van der Waals surface area contributed by atoms with Crippen LogP contribution in [0.1, 0.15) is 38.4 Å². The Labute approximate surface area is 79.9 Å². The molecule has 3 heteroatoms. The van der Waals surface area contributed by atoms with Crippen molar-refractivity contribution in [3.8, 4) is 0 Å². The van der Waals surface area contributed by atoms with Crippen LogP contribution >= 0.6 is 0 Å². The third kappa shape index (κ3) is 3.19. The van der Waals surface area contributed by atoms with Gasteiger partial charge in [0, 0.05) is 23.8 Å². The summed E-state index contributed by atoms with van der Waals surface area (Å²) in [6.07, 6.45) is 4.17. The van der Waals surface area contributed by atoms with Crippen LogP contribution in [0.3, 0.4) is 0 Å². The molecule has 1 heterocycles. The standard InChI is InChI=1S/C10H19N3/c1-4-5-10-9(7-12-13-10)6-11-8(2)3/h7-8,11H,4-6H2,1-3H3,(H,12,13). The lowest BCUT2D eigenvalue weighted by Crippen LogP contribution is -2.22. The molecule has 1 aromatic rings. The molecule has 0 spiro atoms. The molecular formula is C10H19N3. The molecule has 0 saturated carbocycles. The Morgan fingerprint density at radius 2 is 2.31 bits per heavy atom. The molecule has 0 atom stereocenters. The molecule has 0 fully saturated rings. The topological polar surface area (TPSA) is 40.7 Å². The summed E-state index contributed by atoms with van der Waals surface area (Å²) in [5.74, 6) is 0. The second-order valence-corrected chi connectivity index (χ2v) is 3.66. The Bertz CT molecular complexity index is 240. The summed E-state index contributed by atoms with van der Waals surface area (Å²) >= 11 is 0. The van der Waals surface area contributed by atoms with Gasteiger partial charge in [-0.25, -0.2) is 0 Å². The van der Waals surface area contributed by atoms with Crippen molar-refractivity contribution >= 4 is 0 Å². The molecule has 0 aliphatic rings. The van der Waals surface area contributed by atoms with Gasteiger partial charge in [-0.15, -0.1) is 0 Å². The van der Waals surface area contributed by atoms with Crippen LogP contribution in [0.25, 0.3) is 0 Å². The molecule has 2 N–H and O–H groups in total. The van der Waals surface area contributed by atoms with Crippen molar-refractivity contribution in [1.29, 1.82) is 0 Å². The number of aromatic amines is 1. The number of hydrogen-bond donors (Lipinski definition) is 2. The van der Waals surface area contributed by atoms with E-state index in [4.69, 9.17) is 0 Å². The van der Waals surface area contributed by atoms with E-state index in [-0.39, 0.29) is 0 Å². The zero-order valence-corrected chi connectivity index (χ0v) is 8.72. The van der Waals surface area contributed by atoms with Crippen LogP contribution in [0.4, 0.5) is 0 Å². The summed E-state index contributed by atoms with van der Waals surface area (Å²) in [6.45, 7) is 7.41. The number of nitrogens with zero attached hydrogens (tertiary/aromatic N) is 1. The van der Waals surface area contributed by atoms with E-state index in [1.54, 1.807) is 0 Å². The molecule has 0 bridgehead atoms. The number of rotatable bonds is 5. The molecule has 3 nitrogen and oxygen atoms in total. The molecule has 0 radical (unpaired) electrons. The third-order valence-corrected chi connectivity index (χ3v) is 2.01. The maximum absolute atomic E-state index is 4.05. The Balaban J connectivity index is 2.49. The second kappa shape index (κ2) is 5.02. The molecule has 1 rings (SSSR count). The molecule has 1 aromatic heterocycles. The monoisotopic (exact) mass is 181 g/mol. The summed E-state index contributed by atoms with van der Waals surface area (Å²) in [4.78, 5) is 0. The summed E-state index contributed by atoms with van der Waals surface area (Å²) in [5.41, 5.74) is 2.58. The number of H-pyrrole nitrogens is 1. The first-order valence-electron chi connectivity index (χ1n) is 4.98. The van der Waals surface area contributed by atoms with Crippen molar-refractivity contribution in [3.05, 3.63) is 17.5 Å². The summed E-state index contributed by atoms with van der Waals surface area (Å²) in [6, 6.07) is 0.532. The fourth-order valence-electron chi connectivity index (χ4n) is 1.27. The van der Waals surface area contributed by atoms with E-state index in [9.17, 15) is 0 Å². The lowest BCUT2D eigenvalue weighted by molar-refractivity contribution is 0.586. The average molecular weight is 181 g/mol. The predicted molar refractivity (Wildman–Crippen MR) is 54.6 cm³/mol. The molecule has 0 unspecified atom stereocenters. The van der Waals surface area contributed by atoms with Gasteiger partial charge < -0.3 is 5.32 Å². The number of hydrogen-bond acceptors (Lipinski definition) is 2. The lowest BCUT2D eigenvalue weighted by atomic mass is 10.1. The predicted octanol–water partition coefficient (Wildman–Crippen LogP) is 1.86. The fourth-order valence-corrected chi connectivity index (χ4v) is 1.27. The van der Waals surface area contributed by atoms with E-state index in [1.807, 2.05) is 6.20 Å². The first-order valence-corrected chi connectivity index (χ1v) is 4.98. The van der Waals surface area contributed by atoms with Gasteiger partial charge in [0.1, 0.15) is 0 Å². The highest BCUT2D eigenvalue weighted by atomic mass is 15.1. The van der Waals surface area contributed by atoms with Gasteiger partial charge in [-0.05, 0) is 6.42 Å². The largest absolute Gasteiger partial charge is 0.310 e. The van der Waals surface area contributed by atoms with Crippen LogP contribution in [0.2, 0.25) is 0 Å². The van der Waals surface area contributed by atoms with Gasteiger partial charge in [-0.3, -0.25) is 5.10 Å². The third-order valence-electron chi connectivity index (χ3n) is 2.01. The van der Waals surface area contributed by atoms with E-state index in [0.29, 0.717) is 6.04 Å². The summed E-state index contributed by atoms with van der Waals surface area (Å²) in [5, 5.41) is 10.5. The van der Waals surface area contributed by atoms with Crippen LogP contribution < -0.4 is 5.32 Å². The van der Waals surface area contributed by atoms with Crippen LogP contribution in [-0.4, -0.2) is 16.2 Å². The van der Waals surface area contributed by atoms with Crippen LogP contribution in [0, 0.1) is 0 Å². The number of nitrogens with one attached hydrogen (secondary N) is 2. The van der Waals surface area contributed by atoms with Crippen molar-refractivity contribution in [3.63, 3.8) is 0 Å². The molecule has 0 amide bonds. The van der Waals surface area contributed by atoms with Crippen LogP contribution in [0.15, 0.2) is 6.20 Å². The molecular weight excluding hydrogens is 162 g/mol. The van der Waals surface area contributed by atoms with Crippen LogP contribution in [0.5, 0.6) is 0 Å². The maximum atomic E-state index is 4.05. The van der Waals surface area contributed by atoms with Crippen molar-refractivity contribution in [2.24, 2.45) is 0 Å². The molecule has 0 aliphatic carbocycles. The van der Waals surface area contributed by atoms with E-state index in [2.05, 4.69) is 36.3 Å². The quantitative estimate of drug-likeness (QED) is 0.728. The number of aromatic nitrogens is 2. The Morgan fingerprint density at radius 3 is 2.92 bits per heavy atom. The fraction of sp³-hybridized carbons (Fsp3) is 0.700. The van der Waals surface area contributed by atoms with E-state index >= 15 is 0 Å². The average Bonchev–Trinajstić information content (AvgIpc) is 2.49. The first-order chi connectivity index (χ1) is 6.24. The Hall–Kier alpha value is -0.830. The van der Waals surface area contributed by atoms with Gasteiger partial charge in [0.2, 0.25) is 0 Å². The van der Waals surface area contributed by atoms with Gasteiger partial charge in [0.25, 0.3) is 0 Å². The highest BCUT2D eigenvalue weighted by Gasteiger charge is 2.03. The maximum Gasteiger partial charge on any atom is 0.0535 e. The lowest BCUT2D eigenvalue weighted by Gasteiger charge is -2.07. The van der Waals surface area contributed by atoms with E-state index in [0.717, 1.165) is 19.4 Å². The van der Waals surface area contributed by atoms with Crippen molar-refractivity contribution in [2.45, 2.75) is 46.2 Å². The van der Waals surface area contributed by atoms with Gasteiger partial charge >= 0.3 is 0 Å². The zero-order chi connectivity index (χ0) is 9.68. The Kier molecular flexibility index (Phi) is 3.96. The van der Waals surface area contributed by atoms with Crippen molar-refractivity contribution < 1.29 is 0 Å². The minimum atomic E-state index is 0.532. The van der Waals surface area contributed by atoms with Gasteiger partial charge in [-0.1, -0.05) is 27.2 Å². The minimum absolute atomic E-state index is 0.532. The second-order valence-electron chi connectivity index (χ2n) is 3.66. The van der Waals surface area contributed by atoms with E-state index < -0.39 is 0 Å². The van der Waals surface area contributed by atoms with Gasteiger partial charge in [0.15, 0.2) is 0 Å². The van der Waals surface area contributed by atoms with Gasteiger partial charge in [-0.2, -0.15) is 5.10 Å². The SMILES string of the molecule is CCCc1[nH]ncc1CNC(C)C. The Morgan fingerprint density at radius 1 is 1.54 bits per heavy atom. The molecule has 74 valence electrons. The number of aryl methyl sites for hydroxylation is 1. The highest BCUT2D eigenvalue weighted by molar-refractivity contribution is 5.16. The summed E-state index contributed by atoms with van der Waals surface area (Å²) < 4.78 is 0. The molecule has 13 heavy (non-hydrogen) atoms. The molecule has 0 aromatic carbocycles. The van der Waals surface area contributed by atoms with E-state index in [1.165, 1.54) is 11.3 Å². The molecule has 0 saturated heterocycles. The van der Waals surface area contributed by atoms with Crippen LogP contribution in [-0.2, 0) is 13.0 Å². The summed E-state index contributed by atoms with van der Waals surface area (Å²) in [7, 11) is 0.